The summed E-state index contributed by atoms with van der Waals surface area (Å²) in [6, 6.07) is 18.3. The maximum absolute atomic E-state index is 5.18. The van der Waals surface area contributed by atoms with Crippen molar-refractivity contribution >= 4 is 0 Å². The van der Waals surface area contributed by atoms with E-state index in [1.54, 1.807) is 7.11 Å². The second kappa shape index (κ2) is 15.2. The van der Waals surface area contributed by atoms with Crippen LogP contribution in [0.5, 0.6) is 5.75 Å². The van der Waals surface area contributed by atoms with Crippen LogP contribution in [-0.4, -0.2) is 28.3 Å². The number of ether oxygens (including phenoxy) is 1. The van der Waals surface area contributed by atoms with Gasteiger partial charge >= 0.3 is 0 Å². The largest absolute Gasteiger partial charge is 0.497 e. The van der Waals surface area contributed by atoms with Gasteiger partial charge in [0.1, 0.15) is 5.75 Å². The van der Waals surface area contributed by atoms with E-state index in [2.05, 4.69) is 35.4 Å². The predicted octanol–water partition coefficient (Wildman–Crippen LogP) is 2.09. The molecule has 0 aliphatic carbocycles. The second-order valence-electron chi connectivity index (χ2n) is 3.10. The molecule has 0 heterocycles. The van der Waals surface area contributed by atoms with E-state index in [1.807, 2.05) is 36.4 Å². The number of methoxy groups -OCH3 is 1. The summed E-state index contributed by atoms with van der Waals surface area (Å²) in [5.74, 6) is 0.895. The van der Waals surface area contributed by atoms with E-state index in [4.69, 9.17) is 4.74 Å². The van der Waals surface area contributed by atoms with Crippen LogP contribution in [0.3, 0.4) is 0 Å². The van der Waals surface area contributed by atoms with Crippen molar-refractivity contribution in [1.82, 2.24) is 0 Å². The molecule has 2 aromatic carbocycles. The van der Waals surface area contributed by atoms with Gasteiger partial charge in [0.2, 0.25) is 0 Å². The Labute approximate surface area is 122 Å². The van der Waals surface area contributed by atoms with Gasteiger partial charge in [-0.25, -0.2) is 0 Å². The Kier molecular flexibility index (Phi) is 15.5. The Morgan fingerprint density at radius 1 is 0.650 bits per heavy atom. The molecule has 0 atom stereocenters. The maximum atomic E-state index is 5.18. The first kappa shape index (κ1) is 20.4. The van der Waals surface area contributed by atoms with Gasteiger partial charge in [0.15, 0.2) is 0 Å². The molecule has 0 saturated carbocycles. The fourth-order valence-corrected chi connectivity index (χ4v) is 1.43. The summed E-state index contributed by atoms with van der Waals surface area (Å²) in [5.41, 5.74) is 15.9. The van der Waals surface area contributed by atoms with Crippen LogP contribution in [0.2, 0.25) is 0 Å². The molecule has 0 unspecified atom stereocenters. The van der Waals surface area contributed by atoms with Crippen LogP contribution in [0.25, 0.3) is 11.1 Å². The lowest BCUT2D eigenvalue weighted by molar-refractivity contribution is 0.415. The normalized spacial score (nSPS) is 7.75. The molecule has 0 aromatic heterocycles. The molecule has 4 heteroatoms. The van der Waals surface area contributed by atoms with Gasteiger partial charge in [0.25, 0.3) is 0 Å². The number of rotatable bonds is 2. The zero-order chi connectivity index (χ0) is 15.8. The van der Waals surface area contributed by atoms with Crippen LogP contribution >= 0.6 is 0 Å². The van der Waals surface area contributed by atoms with Crippen molar-refractivity contribution in [2.24, 2.45) is 17.2 Å². The Bertz CT molecular complexity index is 419. The molecule has 0 radical (unpaired) electrons. The first-order valence-corrected chi connectivity index (χ1v) is 6.33. The zero-order valence-electron chi connectivity index (χ0n) is 12.8. The number of nitrogens with two attached hydrogens (primary N) is 3. The molecule has 0 saturated heterocycles. The summed E-state index contributed by atoms with van der Waals surface area (Å²) < 4.78 is 5.18. The Morgan fingerprint density at radius 3 is 1.65 bits per heavy atom. The third kappa shape index (κ3) is 7.53. The maximum Gasteiger partial charge on any atom is 0.119 e. The zero-order valence-corrected chi connectivity index (χ0v) is 12.8. The molecular weight excluding hydrogens is 250 g/mol. The molecule has 2 rings (SSSR count). The SMILES string of the molecule is CN.CN.CN.COc1cccc(-c2ccccc2)c1. The molecule has 4 nitrogen and oxygen atoms in total. The van der Waals surface area contributed by atoms with Gasteiger partial charge in [0.05, 0.1) is 7.11 Å². The van der Waals surface area contributed by atoms with Crippen molar-refractivity contribution < 1.29 is 4.74 Å². The van der Waals surface area contributed by atoms with Crippen molar-refractivity contribution in [3.8, 4) is 16.9 Å². The van der Waals surface area contributed by atoms with Gasteiger partial charge < -0.3 is 21.9 Å². The quantitative estimate of drug-likeness (QED) is 0.784. The van der Waals surface area contributed by atoms with Crippen LogP contribution in [0.4, 0.5) is 0 Å². The summed E-state index contributed by atoms with van der Waals surface area (Å²) in [5, 5.41) is 0. The number of hydrogen-bond donors (Lipinski definition) is 3. The first-order chi connectivity index (χ1) is 9.90. The third-order valence-electron chi connectivity index (χ3n) is 2.18. The van der Waals surface area contributed by atoms with E-state index < -0.39 is 0 Å². The average molecular weight is 277 g/mol. The second-order valence-corrected chi connectivity index (χ2v) is 3.10. The van der Waals surface area contributed by atoms with Crippen molar-refractivity contribution in [3.63, 3.8) is 0 Å². The van der Waals surface area contributed by atoms with Crippen LogP contribution in [-0.2, 0) is 0 Å². The first-order valence-electron chi connectivity index (χ1n) is 6.33. The van der Waals surface area contributed by atoms with Crippen molar-refractivity contribution in [2.45, 2.75) is 0 Å². The van der Waals surface area contributed by atoms with Crippen LogP contribution < -0.4 is 21.9 Å². The van der Waals surface area contributed by atoms with E-state index in [0.29, 0.717) is 0 Å². The van der Waals surface area contributed by atoms with E-state index >= 15 is 0 Å². The molecule has 0 fully saturated rings. The molecule has 0 spiro atoms. The van der Waals surface area contributed by atoms with Gasteiger partial charge in [0, 0.05) is 0 Å². The van der Waals surface area contributed by atoms with E-state index in [9.17, 15) is 0 Å². The van der Waals surface area contributed by atoms with Crippen LogP contribution in [0.1, 0.15) is 0 Å². The summed E-state index contributed by atoms with van der Waals surface area (Å²) in [6.07, 6.45) is 0. The Morgan fingerprint density at radius 2 is 1.15 bits per heavy atom. The molecule has 2 aromatic rings. The molecule has 112 valence electrons. The standard InChI is InChI=1S/C13H12O.3CH5N/c1-14-13-9-5-8-12(10-13)11-6-3-2-4-7-11;3*1-2/h2-10H,1H3;3*2H2,1H3. The minimum Gasteiger partial charge on any atom is -0.497 e. The number of hydrogen-bond acceptors (Lipinski definition) is 4. The van der Waals surface area contributed by atoms with Crippen molar-refractivity contribution in [1.29, 1.82) is 0 Å². The van der Waals surface area contributed by atoms with Crippen LogP contribution in [0, 0.1) is 0 Å². The molecule has 0 aliphatic rings. The summed E-state index contributed by atoms with van der Waals surface area (Å²) in [7, 11) is 6.18. The monoisotopic (exact) mass is 277 g/mol. The van der Waals surface area contributed by atoms with Gasteiger partial charge in [-0.3, -0.25) is 0 Å². The Hall–Kier alpha value is -1.88. The van der Waals surface area contributed by atoms with Gasteiger partial charge in [-0.05, 0) is 44.4 Å². The lowest BCUT2D eigenvalue weighted by Gasteiger charge is -2.03. The average Bonchev–Trinajstić information content (AvgIpc) is 2.61. The summed E-state index contributed by atoms with van der Waals surface area (Å²) in [4.78, 5) is 0. The van der Waals surface area contributed by atoms with Gasteiger partial charge in [-0.1, -0.05) is 42.5 Å². The Balaban J connectivity index is 0. The highest BCUT2D eigenvalue weighted by Gasteiger charge is 1.97. The minimum absolute atomic E-state index is 0.895. The van der Waals surface area contributed by atoms with Gasteiger partial charge in [-0.2, -0.15) is 0 Å². The summed E-state index contributed by atoms with van der Waals surface area (Å²) in [6.45, 7) is 0. The van der Waals surface area contributed by atoms with Crippen molar-refractivity contribution in [2.75, 3.05) is 28.3 Å². The third-order valence-corrected chi connectivity index (χ3v) is 2.18. The van der Waals surface area contributed by atoms with E-state index in [1.165, 1.54) is 32.3 Å². The fraction of sp³-hybridized carbons (Fsp3) is 0.250. The number of benzene rings is 2. The fourth-order valence-electron chi connectivity index (χ4n) is 1.43. The molecule has 20 heavy (non-hydrogen) atoms. The highest BCUT2D eigenvalue weighted by atomic mass is 16.5. The molecule has 6 N–H and O–H groups in total. The molecule has 0 amide bonds. The highest BCUT2D eigenvalue weighted by molar-refractivity contribution is 5.64. The van der Waals surface area contributed by atoms with Crippen molar-refractivity contribution in [3.05, 3.63) is 54.6 Å². The lowest BCUT2D eigenvalue weighted by Crippen LogP contribution is -1.83. The molecule has 0 bridgehead atoms. The topological polar surface area (TPSA) is 87.3 Å². The minimum atomic E-state index is 0.895. The van der Waals surface area contributed by atoms with Gasteiger partial charge in [-0.15, -0.1) is 0 Å². The van der Waals surface area contributed by atoms with Crippen LogP contribution in [0.15, 0.2) is 54.6 Å². The lowest BCUT2D eigenvalue weighted by atomic mass is 10.1. The summed E-state index contributed by atoms with van der Waals surface area (Å²) >= 11 is 0. The predicted molar refractivity (Wildman–Crippen MR) is 88.8 cm³/mol. The molecule has 0 aliphatic heterocycles. The highest BCUT2D eigenvalue weighted by Crippen LogP contribution is 2.22. The van der Waals surface area contributed by atoms with E-state index in [-0.39, 0.29) is 0 Å². The smallest absolute Gasteiger partial charge is 0.119 e. The van der Waals surface area contributed by atoms with E-state index in [0.717, 1.165) is 5.75 Å². The molecular formula is C16H27N3O.